The molecular weight excluding hydrogens is 394 g/mol. The number of benzene rings is 3. The van der Waals surface area contributed by atoms with Crippen LogP contribution in [0.4, 0.5) is 5.69 Å². The minimum absolute atomic E-state index is 0.0877. The summed E-state index contributed by atoms with van der Waals surface area (Å²) in [5.74, 6) is -0.0877. The highest BCUT2D eigenvalue weighted by atomic mass is 35.5. The van der Waals surface area contributed by atoms with Gasteiger partial charge in [0.25, 0.3) is 5.91 Å². The smallest absolute Gasteiger partial charge is 0.260 e. The van der Waals surface area contributed by atoms with Crippen LogP contribution < -0.4 is 4.90 Å². The molecule has 3 nitrogen and oxygen atoms in total. The van der Waals surface area contributed by atoms with Gasteiger partial charge in [-0.15, -0.1) is 0 Å². The molecule has 1 heterocycles. The van der Waals surface area contributed by atoms with Crippen molar-refractivity contribution in [3.63, 3.8) is 0 Å². The number of hydrogen-bond acceptors (Lipinski definition) is 2. The zero-order chi connectivity index (χ0) is 21.0. The average Bonchev–Trinajstić information content (AvgIpc) is 2.78. The molecule has 1 aliphatic heterocycles. The van der Waals surface area contributed by atoms with Crippen LogP contribution >= 0.6 is 11.6 Å². The van der Waals surface area contributed by atoms with Crippen LogP contribution in [0.2, 0.25) is 5.02 Å². The van der Waals surface area contributed by atoms with Gasteiger partial charge in [0.15, 0.2) is 6.10 Å². The Bertz CT molecular complexity index is 1010. The third kappa shape index (κ3) is 3.82. The summed E-state index contributed by atoms with van der Waals surface area (Å²) in [5.41, 5.74) is 2.12. The molecule has 1 saturated heterocycles. The van der Waals surface area contributed by atoms with Crippen LogP contribution in [0.25, 0.3) is 12.2 Å². The molecule has 30 heavy (non-hydrogen) atoms. The molecule has 0 radical (unpaired) electrons. The van der Waals surface area contributed by atoms with E-state index in [9.17, 15) is 4.79 Å². The Labute approximate surface area is 181 Å². The number of amides is 1. The molecule has 0 saturated carbocycles. The predicted molar refractivity (Wildman–Crippen MR) is 123 cm³/mol. The zero-order valence-corrected chi connectivity index (χ0v) is 17.4. The van der Waals surface area contributed by atoms with E-state index in [1.165, 1.54) is 0 Å². The Morgan fingerprint density at radius 2 is 1.33 bits per heavy atom. The number of hydrogen-bond donors (Lipinski definition) is 0. The topological polar surface area (TPSA) is 29.5 Å². The third-order valence-corrected chi connectivity index (χ3v) is 5.51. The van der Waals surface area contributed by atoms with Crippen molar-refractivity contribution >= 4 is 35.3 Å². The highest BCUT2D eigenvalue weighted by molar-refractivity contribution is 6.30. The van der Waals surface area contributed by atoms with Gasteiger partial charge in [-0.05, 0) is 35.4 Å². The Morgan fingerprint density at radius 1 is 0.833 bits per heavy atom. The third-order valence-electron chi connectivity index (χ3n) is 5.26. The lowest BCUT2D eigenvalue weighted by atomic mass is 9.78. The Balaban J connectivity index is 1.80. The molecule has 0 bridgehead atoms. The molecule has 3 aromatic carbocycles. The molecule has 4 rings (SSSR count). The van der Waals surface area contributed by atoms with Gasteiger partial charge < -0.3 is 4.74 Å². The number of methoxy groups -OCH3 is 1. The molecule has 0 spiro atoms. The van der Waals surface area contributed by atoms with E-state index in [2.05, 4.69) is 0 Å². The van der Waals surface area contributed by atoms with Gasteiger partial charge in [0.2, 0.25) is 0 Å². The number of rotatable bonds is 6. The second kappa shape index (κ2) is 8.70. The van der Waals surface area contributed by atoms with Crippen LogP contribution in [0.1, 0.15) is 11.1 Å². The number of halogens is 1. The lowest BCUT2D eigenvalue weighted by Crippen LogP contribution is -2.73. The van der Waals surface area contributed by atoms with Gasteiger partial charge >= 0.3 is 0 Å². The summed E-state index contributed by atoms with van der Waals surface area (Å²) in [6.07, 6.45) is 7.50. The summed E-state index contributed by atoms with van der Waals surface area (Å²) in [7, 11) is 1.57. The van der Waals surface area contributed by atoms with E-state index in [-0.39, 0.29) is 5.91 Å². The minimum Gasteiger partial charge on any atom is -0.368 e. The number of carbonyl (C=O) groups is 1. The number of nitrogens with zero attached hydrogens (tertiary/aromatic N) is 1. The maximum absolute atomic E-state index is 13.0. The first kappa shape index (κ1) is 20.1. The first-order chi connectivity index (χ1) is 14.6. The van der Waals surface area contributed by atoms with Crippen molar-refractivity contribution in [3.8, 4) is 0 Å². The van der Waals surface area contributed by atoms with Crippen molar-refractivity contribution < 1.29 is 9.53 Å². The summed E-state index contributed by atoms with van der Waals surface area (Å²) >= 11 is 6.07. The van der Waals surface area contributed by atoms with Crippen LogP contribution in [-0.2, 0) is 9.53 Å². The zero-order valence-electron chi connectivity index (χ0n) is 16.6. The maximum Gasteiger partial charge on any atom is 0.260 e. The summed E-state index contributed by atoms with van der Waals surface area (Å²) in [6, 6.07) is 27.3. The van der Waals surface area contributed by atoms with Crippen molar-refractivity contribution in [1.82, 2.24) is 0 Å². The lowest BCUT2D eigenvalue weighted by molar-refractivity contribution is -0.141. The molecule has 0 unspecified atom stereocenters. The van der Waals surface area contributed by atoms with Gasteiger partial charge in [0, 0.05) is 17.8 Å². The highest BCUT2D eigenvalue weighted by Crippen LogP contribution is 2.42. The fraction of sp³-hybridized carbons (Fsp3) is 0.115. The van der Waals surface area contributed by atoms with Crippen LogP contribution in [0.3, 0.4) is 0 Å². The summed E-state index contributed by atoms with van der Waals surface area (Å²) < 4.78 is 5.65. The van der Waals surface area contributed by atoms with E-state index in [1.807, 2.05) is 97.1 Å². The standard InChI is InChI=1S/C26H22ClNO2/c1-30-24-25(29)28(23-14-12-22(27)13-15-23)26(24,18-16-20-8-4-2-5-9-20)19-17-21-10-6-3-7-11-21/h2-19,24H,1H3/b18-16+,19-17+/t24-/m0/s1. The van der Waals surface area contributed by atoms with E-state index < -0.39 is 11.6 Å². The fourth-order valence-electron chi connectivity index (χ4n) is 3.75. The van der Waals surface area contributed by atoms with Crippen LogP contribution in [0.15, 0.2) is 97.1 Å². The van der Waals surface area contributed by atoms with Crippen molar-refractivity contribution in [1.29, 1.82) is 0 Å². The Morgan fingerprint density at radius 3 is 1.80 bits per heavy atom. The van der Waals surface area contributed by atoms with Gasteiger partial charge in [-0.2, -0.15) is 0 Å². The number of anilines is 1. The SMILES string of the molecule is CO[C@H]1C(=O)N(c2ccc(Cl)cc2)C1(/C=C/c1ccccc1)/C=C/c1ccccc1. The van der Waals surface area contributed by atoms with Crippen LogP contribution in [0, 0.1) is 0 Å². The van der Waals surface area contributed by atoms with Crippen molar-refractivity contribution in [2.45, 2.75) is 11.6 Å². The van der Waals surface area contributed by atoms with Crippen LogP contribution in [0.5, 0.6) is 0 Å². The van der Waals surface area contributed by atoms with Gasteiger partial charge in [-0.1, -0.05) is 96.6 Å². The molecule has 1 amide bonds. The van der Waals surface area contributed by atoms with Gasteiger partial charge in [0.1, 0.15) is 5.54 Å². The maximum atomic E-state index is 13.0. The molecule has 150 valence electrons. The van der Waals surface area contributed by atoms with Crippen molar-refractivity contribution in [2.24, 2.45) is 0 Å². The fourth-order valence-corrected chi connectivity index (χ4v) is 3.88. The molecule has 3 aromatic rings. The van der Waals surface area contributed by atoms with E-state index in [4.69, 9.17) is 16.3 Å². The Kier molecular flexibility index (Phi) is 5.84. The summed E-state index contributed by atoms with van der Waals surface area (Å²) in [5, 5.41) is 0.625. The quantitative estimate of drug-likeness (QED) is 0.471. The molecule has 1 aliphatic rings. The summed E-state index contributed by atoms with van der Waals surface area (Å²) in [4.78, 5) is 14.8. The van der Waals surface area contributed by atoms with E-state index in [1.54, 1.807) is 24.1 Å². The lowest BCUT2D eigenvalue weighted by Gasteiger charge is -2.53. The molecule has 4 heteroatoms. The largest absolute Gasteiger partial charge is 0.368 e. The van der Waals surface area contributed by atoms with Crippen LogP contribution in [-0.4, -0.2) is 24.7 Å². The number of β-lactam (4-membered cyclic amide) rings is 1. The second-order valence-corrected chi connectivity index (χ2v) is 7.58. The van der Waals surface area contributed by atoms with Gasteiger partial charge in [-0.25, -0.2) is 0 Å². The molecule has 1 fully saturated rings. The molecule has 0 aliphatic carbocycles. The average molecular weight is 416 g/mol. The van der Waals surface area contributed by atoms with E-state index >= 15 is 0 Å². The monoisotopic (exact) mass is 415 g/mol. The highest BCUT2D eigenvalue weighted by Gasteiger charge is 2.58. The number of ether oxygens (including phenoxy) is 1. The summed E-state index contributed by atoms with van der Waals surface area (Å²) in [6.45, 7) is 0. The molecular formula is C26H22ClNO2. The second-order valence-electron chi connectivity index (χ2n) is 7.14. The normalized spacial score (nSPS) is 18.1. The molecule has 0 N–H and O–H groups in total. The Hall–Kier alpha value is -3.14. The first-order valence-electron chi connectivity index (χ1n) is 9.75. The number of carbonyl (C=O) groups excluding carboxylic acids is 1. The van der Waals surface area contributed by atoms with Gasteiger partial charge in [-0.3, -0.25) is 9.69 Å². The van der Waals surface area contributed by atoms with Gasteiger partial charge in [0.05, 0.1) is 0 Å². The van der Waals surface area contributed by atoms with Crippen molar-refractivity contribution in [3.05, 3.63) is 113 Å². The first-order valence-corrected chi connectivity index (χ1v) is 10.1. The predicted octanol–water partition coefficient (Wildman–Crippen LogP) is 5.87. The van der Waals surface area contributed by atoms with E-state index in [0.29, 0.717) is 5.02 Å². The van der Waals surface area contributed by atoms with E-state index in [0.717, 1.165) is 16.8 Å². The molecule has 0 aromatic heterocycles. The molecule has 1 atom stereocenters. The van der Waals surface area contributed by atoms with Crippen molar-refractivity contribution in [2.75, 3.05) is 12.0 Å². The minimum atomic E-state index is -0.759.